The van der Waals surface area contributed by atoms with Crippen LogP contribution >= 0.6 is 15.9 Å². The minimum Gasteiger partial charge on any atom is -0.329 e. The van der Waals surface area contributed by atoms with Crippen LogP contribution in [0, 0.1) is 0 Å². The van der Waals surface area contributed by atoms with Crippen molar-refractivity contribution in [3.63, 3.8) is 0 Å². The van der Waals surface area contributed by atoms with Crippen molar-refractivity contribution in [1.29, 1.82) is 0 Å². The van der Waals surface area contributed by atoms with Gasteiger partial charge in [0.1, 0.15) is 0 Å². The molecule has 2 nitrogen and oxygen atoms in total. The number of nitrogens with two attached hydrogens (primary N) is 1. The van der Waals surface area contributed by atoms with Crippen LogP contribution in [0.25, 0.3) is 0 Å². The molecule has 0 saturated heterocycles. The first-order valence-corrected chi connectivity index (χ1v) is 8.27. The minimum absolute atomic E-state index is 0.404. The highest BCUT2D eigenvalue weighted by Gasteiger charge is 2.18. The fourth-order valence-corrected chi connectivity index (χ4v) is 2.98. The highest BCUT2D eigenvalue weighted by atomic mass is 79.9. The molecule has 0 aliphatic rings. The van der Waals surface area contributed by atoms with E-state index in [1.54, 1.807) is 0 Å². The largest absolute Gasteiger partial charge is 0.329 e. The first-order valence-electron chi connectivity index (χ1n) is 7.48. The van der Waals surface area contributed by atoms with Gasteiger partial charge in [-0.15, -0.1) is 0 Å². The average Bonchev–Trinajstić information content (AvgIpc) is 2.51. The number of nitrogens with zero attached hydrogens (tertiary/aromatic N) is 1. The van der Waals surface area contributed by atoms with Gasteiger partial charge in [-0.3, -0.25) is 4.90 Å². The molecule has 0 radical (unpaired) electrons. The molecule has 2 aromatic carbocycles. The third-order valence-corrected chi connectivity index (χ3v) is 4.26. The average molecular weight is 347 g/mol. The molecule has 0 heterocycles. The Hall–Kier alpha value is -1.16. The molecule has 0 fully saturated rings. The Kier molecular flexibility index (Phi) is 6.43. The Bertz CT molecular complexity index is 525. The highest BCUT2D eigenvalue weighted by Crippen LogP contribution is 2.26. The normalized spacial score (nSPS) is 12.6. The smallest absolute Gasteiger partial charge is 0.0349 e. The van der Waals surface area contributed by atoms with Crippen LogP contribution in [-0.4, -0.2) is 18.0 Å². The van der Waals surface area contributed by atoms with Crippen LogP contribution in [0.2, 0.25) is 0 Å². The van der Waals surface area contributed by atoms with Crippen LogP contribution in [0.15, 0.2) is 59.1 Å². The minimum atomic E-state index is 0.404. The van der Waals surface area contributed by atoms with Gasteiger partial charge < -0.3 is 5.73 Å². The zero-order chi connectivity index (χ0) is 15.1. The van der Waals surface area contributed by atoms with Gasteiger partial charge in [-0.1, -0.05) is 65.3 Å². The molecule has 1 atom stereocenters. The molecular weight excluding hydrogens is 324 g/mol. The third-order valence-electron chi connectivity index (χ3n) is 3.73. The van der Waals surface area contributed by atoms with Crippen molar-refractivity contribution in [3.8, 4) is 0 Å². The lowest BCUT2D eigenvalue weighted by molar-refractivity contribution is 0.188. The van der Waals surface area contributed by atoms with Crippen molar-refractivity contribution < 1.29 is 0 Å². The monoisotopic (exact) mass is 346 g/mol. The van der Waals surface area contributed by atoms with Crippen LogP contribution in [0.1, 0.15) is 30.5 Å². The molecule has 2 N–H and O–H groups in total. The Labute approximate surface area is 136 Å². The van der Waals surface area contributed by atoms with Gasteiger partial charge in [0.05, 0.1) is 0 Å². The Morgan fingerprint density at radius 3 is 2.29 bits per heavy atom. The summed E-state index contributed by atoms with van der Waals surface area (Å²) in [6.07, 6.45) is 1.08. The number of hydrogen-bond acceptors (Lipinski definition) is 2. The lowest BCUT2D eigenvalue weighted by atomic mass is 10.0. The van der Waals surface area contributed by atoms with E-state index in [0.717, 1.165) is 24.0 Å². The summed E-state index contributed by atoms with van der Waals surface area (Å²) in [7, 11) is 0. The Morgan fingerprint density at radius 1 is 1.05 bits per heavy atom. The van der Waals surface area contributed by atoms with Crippen molar-refractivity contribution in [2.75, 3.05) is 13.1 Å². The van der Waals surface area contributed by atoms with E-state index in [1.807, 2.05) is 0 Å². The molecule has 1 unspecified atom stereocenters. The maximum absolute atomic E-state index is 5.83. The summed E-state index contributed by atoms with van der Waals surface area (Å²) in [5, 5.41) is 0. The van der Waals surface area contributed by atoms with E-state index in [-0.39, 0.29) is 0 Å². The number of benzene rings is 2. The predicted molar refractivity (Wildman–Crippen MR) is 93.1 cm³/mol. The first kappa shape index (κ1) is 16.2. The van der Waals surface area contributed by atoms with Gasteiger partial charge in [0.15, 0.2) is 0 Å². The van der Waals surface area contributed by atoms with Gasteiger partial charge in [-0.2, -0.15) is 0 Å². The van der Waals surface area contributed by atoms with E-state index < -0.39 is 0 Å². The molecule has 2 rings (SSSR count). The second-order valence-electron chi connectivity index (χ2n) is 5.22. The van der Waals surface area contributed by atoms with Crippen molar-refractivity contribution >= 4 is 15.9 Å². The molecule has 0 aliphatic carbocycles. The molecule has 0 amide bonds. The van der Waals surface area contributed by atoms with E-state index in [1.165, 1.54) is 11.1 Å². The van der Waals surface area contributed by atoms with E-state index >= 15 is 0 Å². The summed E-state index contributed by atoms with van der Waals surface area (Å²) in [6.45, 7) is 4.76. The Balaban J connectivity index is 2.19. The van der Waals surface area contributed by atoms with Crippen LogP contribution in [0.4, 0.5) is 0 Å². The van der Waals surface area contributed by atoms with E-state index in [2.05, 4.69) is 82.4 Å². The van der Waals surface area contributed by atoms with Gasteiger partial charge >= 0.3 is 0 Å². The van der Waals surface area contributed by atoms with Gasteiger partial charge in [-0.05, 0) is 29.7 Å². The number of rotatable bonds is 7. The zero-order valence-corrected chi connectivity index (χ0v) is 14.1. The summed E-state index contributed by atoms with van der Waals surface area (Å²) in [5.41, 5.74) is 8.52. The van der Waals surface area contributed by atoms with Crippen LogP contribution in [-0.2, 0) is 6.54 Å². The quantitative estimate of drug-likeness (QED) is 0.806. The number of hydrogen-bond donors (Lipinski definition) is 1. The van der Waals surface area contributed by atoms with Crippen molar-refractivity contribution in [2.45, 2.75) is 25.9 Å². The molecule has 0 bridgehead atoms. The van der Waals surface area contributed by atoms with Crippen LogP contribution < -0.4 is 5.73 Å². The third kappa shape index (κ3) is 4.67. The van der Waals surface area contributed by atoms with Crippen molar-refractivity contribution in [3.05, 3.63) is 70.2 Å². The summed E-state index contributed by atoms with van der Waals surface area (Å²) < 4.78 is 1.12. The maximum atomic E-state index is 5.83. The molecule has 0 aromatic heterocycles. The second kappa shape index (κ2) is 8.32. The topological polar surface area (TPSA) is 29.3 Å². The van der Waals surface area contributed by atoms with Crippen molar-refractivity contribution in [1.82, 2.24) is 4.90 Å². The summed E-state index contributed by atoms with van der Waals surface area (Å²) in [4.78, 5) is 2.47. The molecule has 0 saturated carbocycles. The fourth-order valence-electron chi connectivity index (χ4n) is 2.72. The SMILES string of the molecule is CCC(c1ccc(Br)cc1)N(CCN)Cc1ccccc1. The molecular formula is C18H23BrN2. The van der Waals surface area contributed by atoms with E-state index in [9.17, 15) is 0 Å². The molecule has 112 valence electrons. The lowest BCUT2D eigenvalue weighted by Gasteiger charge is -2.31. The van der Waals surface area contributed by atoms with Gasteiger partial charge in [0, 0.05) is 30.1 Å². The molecule has 21 heavy (non-hydrogen) atoms. The van der Waals surface area contributed by atoms with E-state index in [0.29, 0.717) is 12.6 Å². The lowest BCUT2D eigenvalue weighted by Crippen LogP contribution is -2.32. The van der Waals surface area contributed by atoms with Gasteiger partial charge in [-0.25, -0.2) is 0 Å². The number of halogens is 1. The summed E-state index contributed by atoms with van der Waals surface area (Å²) >= 11 is 3.50. The first-order chi connectivity index (χ1) is 10.2. The standard InChI is InChI=1S/C18H23BrN2/c1-2-18(16-8-10-17(19)11-9-16)21(13-12-20)14-15-6-4-3-5-7-15/h3-11,18H,2,12-14,20H2,1H3. The second-order valence-corrected chi connectivity index (χ2v) is 6.14. The van der Waals surface area contributed by atoms with Crippen LogP contribution in [0.3, 0.4) is 0 Å². The Morgan fingerprint density at radius 2 is 1.71 bits per heavy atom. The van der Waals surface area contributed by atoms with Gasteiger partial charge in [0.25, 0.3) is 0 Å². The molecule has 3 heteroatoms. The van der Waals surface area contributed by atoms with E-state index in [4.69, 9.17) is 5.73 Å². The molecule has 0 aliphatic heterocycles. The predicted octanol–water partition coefficient (Wildman–Crippen LogP) is 4.36. The highest BCUT2D eigenvalue weighted by molar-refractivity contribution is 9.10. The summed E-state index contributed by atoms with van der Waals surface area (Å²) in [5.74, 6) is 0. The summed E-state index contributed by atoms with van der Waals surface area (Å²) in [6, 6.07) is 19.6. The van der Waals surface area contributed by atoms with Crippen molar-refractivity contribution in [2.24, 2.45) is 5.73 Å². The fraction of sp³-hybridized carbons (Fsp3) is 0.333. The molecule has 0 spiro atoms. The molecule has 2 aromatic rings. The zero-order valence-electron chi connectivity index (χ0n) is 12.5. The van der Waals surface area contributed by atoms with Crippen LogP contribution in [0.5, 0.6) is 0 Å². The van der Waals surface area contributed by atoms with Gasteiger partial charge in [0.2, 0.25) is 0 Å². The maximum Gasteiger partial charge on any atom is 0.0349 e.